The zero-order valence-corrected chi connectivity index (χ0v) is 20.0. The Hall–Kier alpha value is -4.24. The molecule has 0 aliphatic heterocycles. The predicted molar refractivity (Wildman–Crippen MR) is 136 cm³/mol. The van der Waals surface area contributed by atoms with Crippen LogP contribution in [0.2, 0.25) is 0 Å². The molecule has 0 bridgehead atoms. The fraction of sp³-hybridized carbons (Fsp3) is 0.154. The van der Waals surface area contributed by atoms with Crippen molar-refractivity contribution in [2.75, 3.05) is 11.9 Å². The van der Waals surface area contributed by atoms with Crippen LogP contribution in [0, 0.1) is 0 Å². The van der Waals surface area contributed by atoms with Crippen LogP contribution in [0.4, 0.5) is 5.69 Å². The smallest absolute Gasteiger partial charge is 0.265 e. The van der Waals surface area contributed by atoms with Crippen LogP contribution in [-0.2, 0) is 4.79 Å². The molecule has 3 heterocycles. The molecule has 2 aromatic carbocycles. The number of nitrogens with one attached hydrogen (secondary N) is 1. The number of hydrogen-bond acceptors (Lipinski definition) is 7. The molecule has 176 valence electrons. The minimum absolute atomic E-state index is 0.258. The van der Waals surface area contributed by atoms with Gasteiger partial charge < -0.3 is 14.8 Å². The second kappa shape index (κ2) is 9.94. The van der Waals surface area contributed by atoms with Crippen LogP contribution in [0.1, 0.15) is 13.8 Å². The molecule has 0 aliphatic carbocycles. The molecule has 5 rings (SSSR count). The molecule has 0 radical (unpaired) electrons. The summed E-state index contributed by atoms with van der Waals surface area (Å²) in [5.74, 6) is 1.71. The molecule has 1 N–H and O–H groups in total. The van der Waals surface area contributed by atoms with E-state index in [4.69, 9.17) is 14.6 Å². The van der Waals surface area contributed by atoms with Gasteiger partial charge in [-0.1, -0.05) is 24.3 Å². The molecule has 35 heavy (non-hydrogen) atoms. The summed E-state index contributed by atoms with van der Waals surface area (Å²) in [6.45, 7) is 4.19. The van der Waals surface area contributed by atoms with E-state index in [-0.39, 0.29) is 5.91 Å². The molecule has 1 atom stereocenters. The van der Waals surface area contributed by atoms with Crippen molar-refractivity contribution in [3.63, 3.8) is 0 Å². The van der Waals surface area contributed by atoms with E-state index in [0.717, 1.165) is 16.1 Å². The summed E-state index contributed by atoms with van der Waals surface area (Å²) in [5, 5.41) is 18.2. The third-order valence-electron chi connectivity index (χ3n) is 5.23. The number of amides is 1. The Morgan fingerprint density at radius 1 is 1.03 bits per heavy atom. The van der Waals surface area contributed by atoms with Gasteiger partial charge in [0.1, 0.15) is 11.5 Å². The van der Waals surface area contributed by atoms with Gasteiger partial charge in [-0.3, -0.25) is 4.79 Å². The maximum Gasteiger partial charge on any atom is 0.265 e. The third-order valence-corrected chi connectivity index (χ3v) is 6.09. The number of rotatable bonds is 8. The summed E-state index contributed by atoms with van der Waals surface area (Å²) in [5.41, 5.74) is 2.91. The lowest BCUT2D eigenvalue weighted by atomic mass is 10.1. The highest BCUT2D eigenvalue weighted by Gasteiger charge is 2.16. The zero-order chi connectivity index (χ0) is 24.2. The predicted octanol–water partition coefficient (Wildman–Crippen LogP) is 5.32. The Bertz CT molecular complexity index is 1470. The topological polar surface area (TPSA) is 90.6 Å². The van der Waals surface area contributed by atoms with E-state index in [1.54, 1.807) is 34.9 Å². The summed E-state index contributed by atoms with van der Waals surface area (Å²) >= 11 is 1.58. The fourth-order valence-corrected chi connectivity index (χ4v) is 4.26. The van der Waals surface area contributed by atoms with E-state index in [2.05, 4.69) is 15.5 Å². The molecule has 0 aliphatic rings. The van der Waals surface area contributed by atoms with E-state index in [1.165, 1.54) is 0 Å². The minimum atomic E-state index is -0.699. The van der Waals surface area contributed by atoms with Crippen molar-refractivity contribution in [2.24, 2.45) is 0 Å². The van der Waals surface area contributed by atoms with Crippen LogP contribution < -0.4 is 14.8 Å². The number of aromatic nitrogens is 4. The maximum absolute atomic E-state index is 12.8. The quantitative estimate of drug-likeness (QED) is 0.320. The summed E-state index contributed by atoms with van der Waals surface area (Å²) in [4.78, 5) is 13.8. The standard InChI is InChI=1S/C26H23N5O3S/c1-3-33-20-9-5-10-21(16-20)34-17(2)26(32)27-19-8-4-7-18(15-19)22-12-13-24-28-29-25(31(24)30-22)23-11-6-14-35-23/h4-17H,3H2,1-2H3,(H,27,32). The van der Waals surface area contributed by atoms with E-state index >= 15 is 0 Å². The summed E-state index contributed by atoms with van der Waals surface area (Å²) in [7, 11) is 0. The van der Waals surface area contributed by atoms with Crippen molar-refractivity contribution in [1.82, 2.24) is 19.8 Å². The summed E-state index contributed by atoms with van der Waals surface area (Å²) < 4.78 is 13.0. The lowest BCUT2D eigenvalue weighted by Crippen LogP contribution is -2.30. The molecule has 0 saturated heterocycles. The first-order valence-electron chi connectivity index (χ1n) is 11.2. The number of thiophene rings is 1. The number of benzene rings is 2. The Kier molecular flexibility index (Phi) is 6.40. The van der Waals surface area contributed by atoms with E-state index in [1.807, 2.05) is 73.0 Å². The molecule has 9 heteroatoms. The molecule has 5 aromatic rings. The second-order valence-electron chi connectivity index (χ2n) is 7.73. The van der Waals surface area contributed by atoms with Gasteiger partial charge in [-0.15, -0.1) is 21.5 Å². The van der Waals surface area contributed by atoms with Gasteiger partial charge in [-0.2, -0.15) is 9.61 Å². The van der Waals surface area contributed by atoms with E-state index < -0.39 is 6.10 Å². The monoisotopic (exact) mass is 485 g/mol. The molecule has 0 fully saturated rings. The molecule has 0 spiro atoms. The Morgan fingerprint density at radius 2 is 1.89 bits per heavy atom. The van der Waals surface area contributed by atoms with Gasteiger partial charge in [0, 0.05) is 17.3 Å². The van der Waals surface area contributed by atoms with Gasteiger partial charge in [0.2, 0.25) is 0 Å². The molecule has 1 unspecified atom stereocenters. The highest BCUT2D eigenvalue weighted by molar-refractivity contribution is 7.13. The first-order chi connectivity index (χ1) is 17.1. The van der Waals surface area contributed by atoms with Gasteiger partial charge >= 0.3 is 0 Å². The lowest BCUT2D eigenvalue weighted by Gasteiger charge is -2.16. The average molecular weight is 486 g/mol. The van der Waals surface area contributed by atoms with Gasteiger partial charge in [0.05, 0.1) is 17.2 Å². The summed E-state index contributed by atoms with van der Waals surface area (Å²) in [6.07, 6.45) is -0.699. The highest BCUT2D eigenvalue weighted by atomic mass is 32.1. The molecule has 3 aromatic heterocycles. The first-order valence-corrected chi connectivity index (χ1v) is 12.1. The van der Waals surface area contributed by atoms with Crippen molar-refractivity contribution in [3.05, 3.63) is 78.2 Å². The number of nitrogens with zero attached hydrogens (tertiary/aromatic N) is 4. The molecule has 8 nitrogen and oxygen atoms in total. The number of carbonyl (C=O) groups is 1. The van der Waals surface area contributed by atoms with Crippen LogP contribution >= 0.6 is 11.3 Å². The van der Waals surface area contributed by atoms with Crippen molar-refractivity contribution in [1.29, 1.82) is 0 Å². The number of ether oxygens (including phenoxy) is 2. The zero-order valence-electron chi connectivity index (χ0n) is 19.2. The normalized spacial score (nSPS) is 11.8. The number of hydrogen-bond donors (Lipinski definition) is 1. The molecule has 1 amide bonds. The van der Waals surface area contributed by atoms with Crippen LogP contribution in [0.3, 0.4) is 0 Å². The second-order valence-corrected chi connectivity index (χ2v) is 8.68. The Labute approximate surface area is 206 Å². The van der Waals surface area contributed by atoms with Crippen LogP contribution in [0.15, 0.2) is 78.2 Å². The number of carbonyl (C=O) groups excluding carboxylic acids is 1. The maximum atomic E-state index is 12.8. The van der Waals surface area contributed by atoms with Crippen molar-refractivity contribution < 1.29 is 14.3 Å². The Morgan fingerprint density at radius 3 is 2.71 bits per heavy atom. The minimum Gasteiger partial charge on any atom is -0.494 e. The van der Waals surface area contributed by atoms with Crippen LogP contribution in [-0.4, -0.2) is 38.4 Å². The third kappa shape index (κ3) is 4.99. The molecular weight excluding hydrogens is 462 g/mol. The molecular formula is C26H23N5O3S. The van der Waals surface area contributed by atoms with Crippen LogP contribution in [0.5, 0.6) is 11.5 Å². The van der Waals surface area contributed by atoms with Gasteiger partial charge in [0.15, 0.2) is 17.6 Å². The Balaban J connectivity index is 1.33. The molecule has 0 saturated carbocycles. The lowest BCUT2D eigenvalue weighted by molar-refractivity contribution is -0.122. The van der Waals surface area contributed by atoms with Gasteiger partial charge in [-0.05, 0) is 61.7 Å². The van der Waals surface area contributed by atoms with Crippen molar-refractivity contribution in [3.8, 4) is 33.5 Å². The van der Waals surface area contributed by atoms with Gasteiger partial charge in [0.25, 0.3) is 5.91 Å². The van der Waals surface area contributed by atoms with E-state index in [9.17, 15) is 4.79 Å². The number of fused-ring (bicyclic) bond motifs is 1. The van der Waals surface area contributed by atoms with Gasteiger partial charge in [-0.25, -0.2) is 0 Å². The summed E-state index contributed by atoms with van der Waals surface area (Å²) in [6, 6.07) is 22.5. The fourth-order valence-electron chi connectivity index (χ4n) is 3.56. The largest absolute Gasteiger partial charge is 0.494 e. The van der Waals surface area contributed by atoms with Crippen molar-refractivity contribution >= 4 is 28.6 Å². The van der Waals surface area contributed by atoms with Crippen LogP contribution in [0.25, 0.3) is 27.6 Å². The number of anilines is 1. The SMILES string of the molecule is CCOc1cccc(OC(C)C(=O)Nc2cccc(-c3ccc4nnc(-c5cccs5)n4n3)c2)c1. The highest BCUT2D eigenvalue weighted by Crippen LogP contribution is 2.26. The van der Waals surface area contributed by atoms with E-state index in [0.29, 0.717) is 35.3 Å². The average Bonchev–Trinajstić information content (AvgIpc) is 3.54. The van der Waals surface area contributed by atoms with Crippen molar-refractivity contribution in [2.45, 2.75) is 20.0 Å². The first kappa shape index (κ1) is 22.5.